The molecule has 0 radical (unpaired) electrons. The SMILES string of the molecule is CC(N)c1nnc(Nc2c(F)cc(F)cc2Br)o1. The number of halogens is 3. The molecule has 1 aromatic heterocycles. The van der Waals surface area contributed by atoms with Crippen molar-refractivity contribution in [2.24, 2.45) is 5.73 Å². The fourth-order valence-electron chi connectivity index (χ4n) is 1.24. The Kier molecular flexibility index (Phi) is 3.58. The number of nitrogens with zero attached hydrogens (tertiary/aromatic N) is 2. The molecule has 3 N–H and O–H groups in total. The van der Waals surface area contributed by atoms with Crippen molar-refractivity contribution in [3.63, 3.8) is 0 Å². The molecule has 1 aromatic carbocycles. The van der Waals surface area contributed by atoms with Crippen LogP contribution >= 0.6 is 15.9 Å². The highest BCUT2D eigenvalue weighted by molar-refractivity contribution is 9.10. The molecule has 0 amide bonds. The molecule has 0 fully saturated rings. The maximum Gasteiger partial charge on any atom is 0.320 e. The van der Waals surface area contributed by atoms with Crippen molar-refractivity contribution in [3.05, 3.63) is 34.1 Å². The van der Waals surface area contributed by atoms with Gasteiger partial charge in [0.15, 0.2) is 5.82 Å². The minimum absolute atomic E-state index is 0.0104. The lowest BCUT2D eigenvalue weighted by molar-refractivity contribution is 0.475. The number of anilines is 2. The Bertz CT molecular complexity index is 550. The molecule has 8 heteroatoms. The summed E-state index contributed by atoms with van der Waals surface area (Å²) in [4.78, 5) is 0. The van der Waals surface area contributed by atoms with E-state index in [0.717, 1.165) is 12.1 Å². The summed E-state index contributed by atoms with van der Waals surface area (Å²) in [6.45, 7) is 1.67. The lowest BCUT2D eigenvalue weighted by Crippen LogP contribution is -2.04. The summed E-state index contributed by atoms with van der Waals surface area (Å²) in [5, 5.41) is 9.88. The van der Waals surface area contributed by atoms with Gasteiger partial charge < -0.3 is 15.5 Å². The molecule has 0 aliphatic heterocycles. The largest absolute Gasteiger partial charge is 0.406 e. The number of benzene rings is 1. The van der Waals surface area contributed by atoms with E-state index in [0.29, 0.717) is 0 Å². The molecule has 2 rings (SSSR count). The number of nitrogens with one attached hydrogen (secondary N) is 1. The van der Waals surface area contributed by atoms with Gasteiger partial charge in [-0.05, 0) is 28.9 Å². The van der Waals surface area contributed by atoms with Crippen molar-refractivity contribution < 1.29 is 13.2 Å². The first kappa shape index (κ1) is 12.9. The van der Waals surface area contributed by atoms with Crippen molar-refractivity contribution in [2.75, 3.05) is 5.32 Å². The van der Waals surface area contributed by atoms with Gasteiger partial charge in [-0.2, -0.15) is 0 Å². The first-order chi connectivity index (χ1) is 8.47. The van der Waals surface area contributed by atoms with Crippen molar-refractivity contribution in [2.45, 2.75) is 13.0 Å². The molecule has 0 spiro atoms. The van der Waals surface area contributed by atoms with Crippen molar-refractivity contribution in [1.29, 1.82) is 0 Å². The van der Waals surface area contributed by atoms with Crippen LogP contribution in [0.4, 0.5) is 20.5 Å². The van der Waals surface area contributed by atoms with Gasteiger partial charge >= 0.3 is 6.01 Å². The molecular formula is C10H9BrF2N4O. The summed E-state index contributed by atoms with van der Waals surface area (Å²) < 4.78 is 31.8. The van der Waals surface area contributed by atoms with Crippen LogP contribution in [0.2, 0.25) is 0 Å². The Labute approximate surface area is 110 Å². The van der Waals surface area contributed by atoms with Crippen LogP contribution in [0.15, 0.2) is 21.0 Å². The van der Waals surface area contributed by atoms with E-state index in [-0.39, 0.29) is 22.1 Å². The van der Waals surface area contributed by atoms with Gasteiger partial charge in [0.05, 0.1) is 11.7 Å². The molecular weight excluding hydrogens is 310 g/mol. The second-order valence-corrected chi connectivity index (χ2v) is 4.46. The standard InChI is InChI=1S/C10H9BrF2N4O/c1-4(14)9-16-17-10(18-9)15-8-6(11)2-5(12)3-7(8)13/h2-4H,14H2,1H3,(H,15,17). The van der Waals surface area contributed by atoms with E-state index in [1.807, 2.05) is 0 Å². The molecule has 0 bridgehead atoms. The molecule has 0 aliphatic carbocycles. The highest BCUT2D eigenvalue weighted by Crippen LogP contribution is 2.29. The molecule has 18 heavy (non-hydrogen) atoms. The second-order valence-electron chi connectivity index (χ2n) is 3.60. The quantitative estimate of drug-likeness (QED) is 0.910. The van der Waals surface area contributed by atoms with Gasteiger partial charge in [-0.1, -0.05) is 5.10 Å². The Morgan fingerprint density at radius 1 is 1.39 bits per heavy atom. The lowest BCUT2D eigenvalue weighted by atomic mass is 10.3. The van der Waals surface area contributed by atoms with E-state index < -0.39 is 17.7 Å². The molecule has 1 atom stereocenters. The monoisotopic (exact) mass is 318 g/mol. The number of hydrogen-bond acceptors (Lipinski definition) is 5. The highest BCUT2D eigenvalue weighted by Gasteiger charge is 2.14. The topological polar surface area (TPSA) is 77.0 Å². The summed E-state index contributed by atoms with van der Waals surface area (Å²) in [5.41, 5.74) is 5.55. The van der Waals surface area contributed by atoms with Crippen molar-refractivity contribution >= 4 is 27.6 Å². The summed E-state index contributed by atoms with van der Waals surface area (Å²) in [6.07, 6.45) is 0. The Morgan fingerprint density at radius 2 is 2.11 bits per heavy atom. The van der Waals surface area contributed by atoms with Crippen LogP contribution in [-0.4, -0.2) is 10.2 Å². The van der Waals surface area contributed by atoms with Gasteiger partial charge in [0.1, 0.15) is 5.82 Å². The van der Waals surface area contributed by atoms with Crippen LogP contribution in [0.3, 0.4) is 0 Å². The number of aromatic nitrogens is 2. The van der Waals surface area contributed by atoms with Crippen LogP contribution in [-0.2, 0) is 0 Å². The zero-order valence-electron chi connectivity index (χ0n) is 9.25. The predicted molar refractivity (Wildman–Crippen MR) is 64.2 cm³/mol. The third kappa shape index (κ3) is 2.65. The van der Waals surface area contributed by atoms with Gasteiger partial charge in [-0.25, -0.2) is 8.78 Å². The predicted octanol–water partition coefficient (Wildman–Crippen LogP) is 2.87. The smallest absolute Gasteiger partial charge is 0.320 e. The maximum absolute atomic E-state index is 13.5. The van der Waals surface area contributed by atoms with Crippen LogP contribution in [0, 0.1) is 11.6 Å². The van der Waals surface area contributed by atoms with Crippen LogP contribution < -0.4 is 11.1 Å². The van der Waals surface area contributed by atoms with Gasteiger partial charge in [-0.15, -0.1) is 5.10 Å². The molecule has 0 aliphatic rings. The Balaban J connectivity index is 2.28. The van der Waals surface area contributed by atoms with Gasteiger partial charge in [0.25, 0.3) is 0 Å². The van der Waals surface area contributed by atoms with E-state index in [4.69, 9.17) is 10.2 Å². The molecule has 2 aromatic rings. The lowest BCUT2D eigenvalue weighted by Gasteiger charge is -2.05. The van der Waals surface area contributed by atoms with Crippen LogP contribution in [0.25, 0.3) is 0 Å². The minimum Gasteiger partial charge on any atom is -0.406 e. The third-order valence-electron chi connectivity index (χ3n) is 2.07. The number of hydrogen-bond donors (Lipinski definition) is 2. The van der Waals surface area contributed by atoms with E-state index in [1.54, 1.807) is 6.92 Å². The zero-order chi connectivity index (χ0) is 13.3. The second kappa shape index (κ2) is 4.99. The summed E-state index contributed by atoms with van der Waals surface area (Å²) >= 11 is 3.03. The molecule has 1 heterocycles. The minimum atomic E-state index is -0.776. The molecule has 1 unspecified atom stereocenters. The van der Waals surface area contributed by atoms with Crippen molar-refractivity contribution in [3.8, 4) is 0 Å². The average Bonchev–Trinajstić information content (AvgIpc) is 2.71. The first-order valence-corrected chi connectivity index (χ1v) is 5.77. The van der Waals surface area contributed by atoms with E-state index in [9.17, 15) is 8.78 Å². The van der Waals surface area contributed by atoms with Crippen LogP contribution in [0.1, 0.15) is 18.9 Å². The van der Waals surface area contributed by atoms with E-state index >= 15 is 0 Å². The van der Waals surface area contributed by atoms with Gasteiger partial charge in [-0.3, -0.25) is 0 Å². The normalized spacial score (nSPS) is 12.5. The molecule has 0 saturated carbocycles. The van der Waals surface area contributed by atoms with E-state index in [2.05, 4.69) is 31.4 Å². The summed E-state index contributed by atoms with van der Waals surface area (Å²) in [5.74, 6) is -1.25. The number of rotatable bonds is 3. The summed E-state index contributed by atoms with van der Waals surface area (Å²) in [6, 6.07) is 1.42. The average molecular weight is 319 g/mol. The molecule has 5 nitrogen and oxygen atoms in total. The van der Waals surface area contributed by atoms with Gasteiger partial charge in [0.2, 0.25) is 5.89 Å². The van der Waals surface area contributed by atoms with E-state index in [1.165, 1.54) is 0 Å². The third-order valence-corrected chi connectivity index (χ3v) is 2.69. The molecule has 0 saturated heterocycles. The maximum atomic E-state index is 13.5. The fourth-order valence-corrected chi connectivity index (χ4v) is 1.74. The first-order valence-electron chi connectivity index (χ1n) is 4.98. The zero-order valence-corrected chi connectivity index (χ0v) is 10.8. The number of nitrogens with two attached hydrogens (primary N) is 1. The summed E-state index contributed by atoms with van der Waals surface area (Å²) in [7, 11) is 0. The van der Waals surface area contributed by atoms with Crippen LogP contribution in [0.5, 0.6) is 0 Å². The Morgan fingerprint density at radius 3 is 2.67 bits per heavy atom. The highest BCUT2D eigenvalue weighted by atomic mass is 79.9. The Hall–Kier alpha value is -1.54. The van der Waals surface area contributed by atoms with Crippen molar-refractivity contribution in [1.82, 2.24) is 10.2 Å². The molecule has 96 valence electrons. The van der Waals surface area contributed by atoms with Gasteiger partial charge in [0, 0.05) is 10.5 Å². The fraction of sp³-hybridized carbons (Fsp3) is 0.200.